The van der Waals surface area contributed by atoms with Crippen LogP contribution in [0.15, 0.2) is 23.4 Å². The second-order valence-corrected chi connectivity index (χ2v) is 6.43. The fraction of sp³-hybridized carbons (Fsp3) is 0.417. The van der Waals surface area contributed by atoms with Crippen LogP contribution in [0.5, 0.6) is 0 Å². The van der Waals surface area contributed by atoms with Crippen molar-refractivity contribution in [2.75, 3.05) is 0 Å². The first-order valence-electron chi connectivity index (χ1n) is 6.13. The van der Waals surface area contributed by atoms with E-state index in [1.807, 2.05) is 13.8 Å². The average molecular weight is 315 g/mol. The zero-order valence-electron chi connectivity index (χ0n) is 11.6. The lowest BCUT2D eigenvalue weighted by Gasteiger charge is -2.16. The summed E-state index contributed by atoms with van der Waals surface area (Å²) in [5.74, 6) is -1.78. The molecule has 0 bridgehead atoms. The second kappa shape index (κ2) is 6.64. The van der Waals surface area contributed by atoms with Gasteiger partial charge in [-0.2, -0.15) is 0 Å². The lowest BCUT2D eigenvalue weighted by atomic mass is 10.0. The number of sulfonamides is 1. The summed E-state index contributed by atoms with van der Waals surface area (Å²) >= 11 is 0. The third kappa shape index (κ3) is 5.12. The highest BCUT2D eigenvalue weighted by Gasteiger charge is 2.22. The number of rotatable bonds is 6. The zero-order chi connectivity index (χ0) is 16.2. The summed E-state index contributed by atoms with van der Waals surface area (Å²) < 4.78 is 22.3. The number of carbonyl (C=O) groups excluding carboxylic acids is 1. The van der Waals surface area contributed by atoms with Crippen molar-refractivity contribution in [2.45, 2.75) is 31.3 Å². The van der Waals surface area contributed by atoms with Crippen molar-refractivity contribution in [3.63, 3.8) is 0 Å². The van der Waals surface area contributed by atoms with E-state index in [0.29, 0.717) is 0 Å². The first kappa shape index (κ1) is 17.1. The first-order chi connectivity index (χ1) is 9.61. The molecule has 21 heavy (non-hydrogen) atoms. The molecule has 0 aliphatic rings. The van der Waals surface area contributed by atoms with E-state index < -0.39 is 33.0 Å². The van der Waals surface area contributed by atoms with Gasteiger partial charge in [-0.05, 0) is 24.5 Å². The normalized spacial score (nSPS) is 13.0. The van der Waals surface area contributed by atoms with Gasteiger partial charge in [0.1, 0.15) is 6.04 Å². The number of carboxylic acid groups (broad SMARTS) is 1. The van der Waals surface area contributed by atoms with Crippen molar-refractivity contribution in [1.29, 1.82) is 0 Å². The minimum absolute atomic E-state index is 0.0240. The molecular weight excluding hydrogens is 298 g/mol. The Hall–Kier alpha value is -2.00. The number of nitrogens with zero attached hydrogens (tertiary/aromatic N) is 1. The number of carbonyl (C=O) groups is 2. The highest BCUT2D eigenvalue weighted by atomic mass is 32.2. The Labute approximate surface area is 122 Å². The molecular formula is C12H17N3O5S. The molecule has 0 saturated carbocycles. The van der Waals surface area contributed by atoms with Gasteiger partial charge in [-0.25, -0.2) is 23.3 Å². The van der Waals surface area contributed by atoms with Crippen molar-refractivity contribution in [2.24, 2.45) is 11.1 Å². The van der Waals surface area contributed by atoms with Gasteiger partial charge in [0.15, 0.2) is 5.03 Å². The largest absolute Gasteiger partial charge is 0.480 e. The van der Waals surface area contributed by atoms with E-state index in [1.165, 1.54) is 6.07 Å². The fourth-order valence-corrected chi connectivity index (χ4v) is 2.14. The fourth-order valence-electron chi connectivity index (χ4n) is 1.64. The standard InChI is InChI=1S/C12H17N3O5S/c1-7(2)5-9(12(17)18)15-11(16)8-3-4-14-10(6-8)21(13,19)20/h3-4,6-7,9H,5H2,1-2H3,(H,15,16)(H,17,18)(H2,13,19,20)/t9-/m1/s1. The molecule has 1 heterocycles. The Kier molecular flexibility index (Phi) is 5.39. The van der Waals surface area contributed by atoms with Crippen molar-refractivity contribution >= 4 is 21.9 Å². The summed E-state index contributed by atoms with van der Waals surface area (Å²) in [6.45, 7) is 3.65. The molecule has 116 valence electrons. The molecule has 0 aliphatic carbocycles. The number of hydrogen-bond acceptors (Lipinski definition) is 5. The van der Waals surface area contributed by atoms with Crippen molar-refractivity contribution in [1.82, 2.24) is 10.3 Å². The maximum absolute atomic E-state index is 12.0. The third-order valence-electron chi connectivity index (χ3n) is 2.60. The monoisotopic (exact) mass is 315 g/mol. The lowest BCUT2D eigenvalue weighted by Crippen LogP contribution is -2.41. The number of aromatic nitrogens is 1. The van der Waals surface area contributed by atoms with Gasteiger partial charge in [-0.15, -0.1) is 0 Å². The van der Waals surface area contributed by atoms with E-state index in [2.05, 4.69) is 10.3 Å². The Bertz CT molecular complexity index is 642. The summed E-state index contributed by atoms with van der Waals surface area (Å²) in [5, 5.41) is 15.9. The smallest absolute Gasteiger partial charge is 0.326 e. The Balaban J connectivity index is 2.96. The summed E-state index contributed by atoms with van der Waals surface area (Å²) in [4.78, 5) is 26.6. The number of amides is 1. The van der Waals surface area contributed by atoms with Crippen molar-refractivity contribution in [3.8, 4) is 0 Å². The predicted octanol–water partition coefficient (Wildman–Crippen LogP) is -0.0419. The van der Waals surface area contributed by atoms with Gasteiger partial charge in [0.2, 0.25) is 0 Å². The van der Waals surface area contributed by atoms with E-state index in [9.17, 15) is 18.0 Å². The summed E-state index contributed by atoms with van der Waals surface area (Å²) in [6, 6.07) is 1.22. The maximum atomic E-state index is 12.0. The van der Waals surface area contributed by atoms with E-state index in [-0.39, 0.29) is 17.9 Å². The quantitative estimate of drug-likeness (QED) is 0.673. The topological polar surface area (TPSA) is 139 Å². The SMILES string of the molecule is CC(C)C[C@@H](NC(=O)c1ccnc(S(N)(=O)=O)c1)C(=O)O. The van der Waals surface area contributed by atoms with Crippen molar-refractivity contribution in [3.05, 3.63) is 23.9 Å². The second-order valence-electron chi connectivity index (χ2n) is 4.92. The predicted molar refractivity (Wildman–Crippen MR) is 74.0 cm³/mol. The number of primary sulfonamides is 1. The van der Waals surface area contributed by atoms with Crippen LogP contribution in [0.25, 0.3) is 0 Å². The molecule has 0 fully saturated rings. The van der Waals surface area contributed by atoms with Crippen molar-refractivity contribution < 1.29 is 23.1 Å². The minimum Gasteiger partial charge on any atom is -0.480 e. The van der Waals surface area contributed by atoms with Gasteiger partial charge in [-0.3, -0.25) is 4.79 Å². The molecule has 1 rings (SSSR count). The Morgan fingerprint density at radius 1 is 1.43 bits per heavy atom. The molecule has 1 atom stereocenters. The first-order valence-corrected chi connectivity index (χ1v) is 7.68. The summed E-state index contributed by atoms with van der Waals surface area (Å²) in [7, 11) is -4.03. The Morgan fingerprint density at radius 2 is 2.05 bits per heavy atom. The number of nitrogens with two attached hydrogens (primary N) is 1. The minimum atomic E-state index is -4.03. The van der Waals surface area contributed by atoms with Gasteiger partial charge in [0, 0.05) is 11.8 Å². The molecule has 0 radical (unpaired) electrons. The maximum Gasteiger partial charge on any atom is 0.326 e. The molecule has 1 amide bonds. The highest BCUT2D eigenvalue weighted by Crippen LogP contribution is 2.09. The number of carboxylic acids is 1. The van der Waals surface area contributed by atoms with Gasteiger partial charge in [-0.1, -0.05) is 13.8 Å². The number of aliphatic carboxylic acids is 1. The average Bonchev–Trinajstić information content (AvgIpc) is 2.36. The third-order valence-corrected chi connectivity index (χ3v) is 3.41. The molecule has 0 unspecified atom stereocenters. The zero-order valence-corrected chi connectivity index (χ0v) is 12.4. The lowest BCUT2D eigenvalue weighted by molar-refractivity contribution is -0.139. The van der Waals surface area contributed by atoms with Crippen LogP contribution in [0.4, 0.5) is 0 Å². The molecule has 0 aliphatic heterocycles. The number of hydrogen-bond donors (Lipinski definition) is 3. The van der Waals surface area contributed by atoms with Crippen LogP contribution in [0.3, 0.4) is 0 Å². The van der Waals surface area contributed by atoms with Crippen LogP contribution in [-0.2, 0) is 14.8 Å². The number of nitrogens with one attached hydrogen (secondary N) is 1. The molecule has 4 N–H and O–H groups in total. The van der Waals surface area contributed by atoms with E-state index in [1.54, 1.807) is 0 Å². The van der Waals surface area contributed by atoms with Gasteiger partial charge < -0.3 is 10.4 Å². The molecule has 1 aromatic rings. The molecule has 0 spiro atoms. The van der Waals surface area contributed by atoms with Gasteiger partial charge >= 0.3 is 5.97 Å². The highest BCUT2D eigenvalue weighted by molar-refractivity contribution is 7.89. The Morgan fingerprint density at radius 3 is 2.52 bits per heavy atom. The molecule has 8 nitrogen and oxygen atoms in total. The van der Waals surface area contributed by atoms with Gasteiger partial charge in [0.05, 0.1) is 0 Å². The van der Waals surface area contributed by atoms with E-state index >= 15 is 0 Å². The van der Waals surface area contributed by atoms with Crippen LogP contribution >= 0.6 is 0 Å². The van der Waals surface area contributed by atoms with E-state index in [0.717, 1.165) is 12.3 Å². The van der Waals surface area contributed by atoms with Crippen LogP contribution in [-0.4, -0.2) is 36.4 Å². The molecule has 1 aromatic heterocycles. The number of pyridine rings is 1. The summed E-state index contributed by atoms with van der Waals surface area (Å²) in [6.07, 6.45) is 1.38. The van der Waals surface area contributed by atoms with Crippen LogP contribution in [0, 0.1) is 5.92 Å². The summed E-state index contributed by atoms with van der Waals surface area (Å²) in [5.41, 5.74) is -0.0240. The van der Waals surface area contributed by atoms with Crippen LogP contribution in [0.1, 0.15) is 30.6 Å². The molecule has 0 aromatic carbocycles. The van der Waals surface area contributed by atoms with Crippen LogP contribution in [0.2, 0.25) is 0 Å². The molecule has 0 saturated heterocycles. The molecule has 9 heteroatoms. The van der Waals surface area contributed by atoms with Crippen LogP contribution < -0.4 is 10.5 Å². The van der Waals surface area contributed by atoms with Gasteiger partial charge in [0.25, 0.3) is 15.9 Å². The van der Waals surface area contributed by atoms with E-state index in [4.69, 9.17) is 10.2 Å².